The number of hydrogen-bond donors (Lipinski definition) is 1. The Bertz CT molecular complexity index is 347. The molecule has 0 aliphatic heterocycles. The number of aliphatic hydroxyl groups is 1. The van der Waals surface area contributed by atoms with Crippen molar-refractivity contribution in [1.29, 1.82) is 0 Å². The first-order chi connectivity index (χ1) is 7.54. The number of aliphatic hydroxyl groups excluding tert-OH is 1. The van der Waals surface area contributed by atoms with E-state index in [0.717, 1.165) is 6.54 Å². The maximum atomic E-state index is 11.5. The molecule has 0 fully saturated rings. The number of carbonyl (C=O) groups is 1. The first-order valence-electron chi connectivity index (χ1n) is 5.62. The van der Waals surface area contributed by atoms with Crippen molar-refractivity contribution >= 4 is 5.78 Å². The van der Waals surface area contributed by atoms with Crippen LogP contribution >= 0.6 is 0 Å². The topological polar surface area (TPSA) is 68.0 Å². The molecule has 16 heavy (non-hydrogen) atoms. The molecule has 0 amide bonds. The molecule has 5 heteroatoms. The van der Waals surface area contributed by atoms with Crippen LogP contribution in [0.1, 0.15) is 33.0 Å². The summed E-state index contributed by atoms with van der Waals surface area (Å²) in [5.41, 5.74) is 0. The third-order valence-electron chi connectivity index (χ3n) is 2.32. The van der Waals surface area contributed by atoms with Gasteiger partial charge in [-0.05, 0) is 12.3 Å². The summed E-state index contributed by atoms with van der Waals surface area (Å²) in [6, 6.07) is 0. The minimum Gasteiger partial charge on any atom is -0.385 e. The fraction of sp³-hybridized carbons (Fsp3) is 0.727. The number of aromatic nitrogens is 3. The molecule has 1 N–H and O–H groups in total. The molecule has 0 bridgehead atoms. The van der Waals surface area contributed by atoms with Crippen LogP contribution in [0.15, 0.2) is 6.33 Å². The van der Waals surface area contributed by atoms with Gasteiger partial charge in [-0.2, -0.15) is 5.10 Å². The number of carbonyl (C=O) groups excluding carboxylic acids is 1. The van der Waals surface area contributed by atoms with Gasteiger partial charge in [-0.25, -0.2) is 9.67 Å². The summed E-state index contributed by atoms with van der Waals surface area (Å²) in [7, 11) is 0. The van der Waals surface area contributed by atoms with Gasteiger partial charge in [-0.15, -0.1) is 0 Å². The number of Topliss-reactive ketones (excluding diaryl/α,β-unsaturated/α-hetero) is 1. The Hall–Kier alpha value is -1.23. The Morgan fingerprint density at radius 3 is 2.81 bits per heavy atom. The molecule has 0 aliphatic rings. The average Bonchev–Trinajstić information content (AvgIpc) is 2.63. The molecule has 1 rings (SSSR count). The van der Waals surface area contributed by atoms with Crippen LogP contribution in [0.5, 0.6) is 0 Å². The number of ketones is 1. The van der Waals surface area contributed by atoms with E-state index in [0.29, 0.717) is 18.2 Å². The molecule has 0 aliphatic carbocycles. The van der Waals surface area contributed by atoms with Gasteiger partial charge < -0.3 is 5.11 Å². The fourth-order valence-corrected chi connectivity index (χ4v) is 1.42. The largest absolute Gasteiger partial charge is 0.385 e. The monoisotopic (exact) mass is 225 g/mol. The molecular weight excluding hydrogens is 206 g/mol. The Kier molecular flexibility index (Phi) is 4.61. The van der Waals surface area contributed by atoms with Gasteiger partial charge in [0.05, 0.1) is 6.42 Å². The van der Waals surface area contributed by atoms with Gasteiger partial charge in [0.15, 0.2) is 5.78 Å². The number of nitrogens with zero attached hydrogens (tertiary/aromatic N) is 3. The standard InChI is InChI=1S/C11H19N3O2/c1-4-9(15)10(16)5-11-12-7-13-14(11)6-8(2)3/h7-9,15H,4-6H2,1-3H3. The van der Waals surface area contributed by atoms with Crippen molar-refractivity contribution in [1.82, 2.24) is 14.8 Å². The van der Waals surface area contributed by atoms with Crippen molar-refractivity contribution in [2.75, 3.05) is 0 Å². The van der Waals surface area contributed by atoms with E-state index in [9.17, 15) is 9.90 Å². The van der Waals surface area contributed by atoms with Gasteiger partial charge in [-0.3, -0.25) is 4.79 Å². The Morgan fingerprint density at radius 1 is 1.56 bits per heavy atom. The van der Waals surface area contributed by atoms with Crippen molar-refractivity contribution in [3.05, 3.63) is 12.2 Å². The normalized spacial score (nSPS) is 13.1. The van der Waals surface area contributed by atoms with Crippen LogP contribution in [-0.2, 0) is 17.8 Å². The first kappa shape index (κ1) is 12.8. The van der Waals surface area contributed by atoms with Crippen molar-refractivity contribution in [3.63, 3.8) is 0 Å². The molecule has 1 aromatic heterocycles. The van der Waals surface area contributed by atoms with E-state index in [2.05, 4.69) is 23.9 Å². The summed E-state index contributed by atoms with van der Waals surface area (Å²) in [5, 5.41) is 13.5. The highest BCUT2D eigenvalue weighted by atomic mass is 16.3. The number of rotatable bonds is 6. The molecule has 90 valence electrons. The van der Waals surface area contributed by atoms with Gasteiger partial charge >= 0.3 is 0 Å². The Morgan fingerprint density at radius 2 is 2.25 bits per heavy atom. The highest BCUT2D eigenvalue weighted by Crippen LogP contribution is 2.04. The summed E-state index contributed by atoms with van der Waals surface area (Å²) in [6.45, 7) is 6.68. The summed E-state index contributed by atoms with van der Waals surface area (Å²) < 4.78 is 1.73. The first-order valence-corrected chi connectivity index (χ1v) is 5.62. The van der Waals surface area contributed by atoms with Gasteiger partial charge in [0, 0.05) is 6.54 Å². The smallest absolute Gasteiger partial charge is 0.168 e. The molecule has 0 radical (unpaired) electrons. The lowest BCUT2D eigenvalue weighted by Gasteiger charge is -2.09. The van der Waals surface area contributed by atoms with Crippen molar-refractivity contribution < 1.29 is 9.90 Å². The summed E-state index contributed by atoms with van der Waals surface area (Å²) in [5.74, 6) is 0.887. The lowest BCUT2D eigenvalue weighted by Crippen LogP contribution is -2.23. The van der Waals surface area contributed by atoms with Crippen LogP contribution in [0, 0.1) is 5.92 Å². The van der Waals surface area contributed by atoms with Crippen LogP contribution in [-0.4, -0.2) is 31.8 Å². The summed E-state index contributed by atoms with van der Waals surface area (Å²) in [4.78, 5) is 15.6. The molecule has 0 saturated heterocycles. The molecule has 1 aromatic rings. The lowest BCUT2D eigenvalue weighted by atomic mass is 10.1. The van der Waals surface area contributed by atoms with Crippen LogP contribution in [0.3, 0.4) is 0 Å². The van der Waals surface area contributed by atoms with Crippen LogP contribution < -0.4 is 0 Å². The van der Waals surface area contributed by atoms with Gasteiger partial charge in [0.25, 0.3) is 0 Å². The van der Waals surface area contributed by atoms with E-state index in [1.807, 2.05) is 0 Å². The number of hydrogen-bond acceptors (Lipinski definition) is 4. The molecule has 1 unspecified atom stereocenters. The van der Waals surface area contributed by atoms with E-state index in [4.69, 9.17) is 0 Å². The fourth-order valence-electron chi connectivity index (χ4n) is 1.42. The van der Waals surface area contributed by atoms with Crippen molar-refractivity contribution in [2.45, 2.75) is 46.3 Å². The van der Waals surface area contributed by atoms with Crippen molar-refractivity contribution in [3.8, 4) is 0 Å². The zero-order valence-corrected chi connectivity index (χ0v) is 10.1. The minimum absolute atomic E-state index is 0.154. The minimum atomic E-state index is -0.885. The Labute approximate surface area is 95.5 Å². The molecular formula is C11H19N3O2. The van der Waals surface area contributed by atoms with Gasteiger partial charge in [-0.1, -0.05) is 20.8 Å². The second-order valence-electron chi connectivity index (χ2n) is 4.32. The summed E-state index contributed by atoms with van der Waals surface area (Å²) in [6.07, 6.45) is 1.16. The van der Waals surface area contributed by atoms with E-state index >= 15 is 0 Å². The maximum Gasteiger partial charge on any atom is 0.168 e. The summed E-state index contributed by atoms with van der Waals surface area (Å²) >= 11 is 0. The van der Waals surface area contributed by atoms with Crippen LogP contribution in [0.2, 0.25) is 0 Å². The highest BCUT2D eigenvalue weighted by molar-refractivity contribution is 5.84. The predicted molar refractivity (Wildman–Crippen MR) is 59.9 cm³/mol. The van der Waals surface area contributed by atoms with E-state index < -0.39 is 6.10 Å². The maximum absolute atomic E-state index is 11.5. The Balaban J connectivity index is 2.66. The quantitative estimate of drug-likeness (QED) is 0.778. The van der Waals surface area contributed by atoms with E-state index in [-0.39, 0.29) is 12.2 Å². The second kappa shape index (κ2) is 5.75. The average molecular weight is 225 g/mol. The van der Waals surface area contributed by atoms with Gasteiger partial charge in [0.1, 0.15) is 18.3 Å². The van der Waals surface area contributed by atoms with E-state index in [1.165, 1.54) is 6.33 Å². The van der Waals surface area contributed by atoms with E-state index in [1.54, 1.807) is 11.6 Å². The lowest BCUT2D eigenvalue weighted by molar-refractivity contribution is -0.126. The third-order valence-corrected chi connectivity index (χ3v) is 2.32. The predicted octanol–water partition coefficient (Wildman–Crippen LogP) is 0.817. The molecule has 5 nitrogen and oxygen atoms in total. The molecule has 0 aromatic carbocycles. The second-order valence-corrected chi connectivity index (χ2v) is 4.32. The zero-order chi connectivity index (χ0) is 12.1. The van der Waals surface area contributed by atoms with Gasteiger partial charge in [0.2, 0.25) is 0 Å². The molecule has 0 saturated carbocycles. The third kappa shape index (κ3) is 3.41. The van der Waals surface area contributed by atoms with Crippen molar-refractivity contribution in [2.24, 2.45) is 5.92 Å². The molecule has 1 heterocycles. The zero-order valence-electron chi connectivity index (χ0n) is 10.1. The van der Waals surface area contributed by atoms with Crippen LogP contribution in [0.4, 0.5) is 0 Å². The van der Waals surface area contributed by atoms with Crippen LogP contribution in [0.25, 0.3) is 0 Å². The molecule has 1 atom stereocenters. The molecule has 0 spiro atoms. The highest BCUT2D eigenvalue weighted by Gasteiger charge is 2.16. The SMILES string of the molecule is CCC(O)C(=O)Cc1ncnn1CC(C)C.